The quantitative estimate of drug-likeness (QED) is 0.703. The Bertz CT molecular complexity index is 574. The minimum absolute atomic E-state index is 0.0402. The fourth-order valence-electron chi connectivity index (χ4n) is 2.05. The molecule has 1 aromatic carbocycles. The predicted molar refractivity (Wildman–Crippen MR) is 89.1 cm³/mol. The van der Waals surface area contributed by atoms with E-state index in [0.717, 1.165) is 20.7 Å². The van der Waals surface area contributed by atoms with Gasteiger partial charge in [0.2, 0.25) is 0 Å². The molecule has 1 atom stereocenters. The Morgan fingerprint density at radius 3 is 2.70 bits per heavy atom. The van der Waals surface area contributed by atoms with Gasteiger partial charge >= 0.3 is 0 Å². The smallest absolute Gasteiger partial charge is 0.123 e. The molecule has 0 aliphatic carbocycles. The number of benzene rings is 1. The molecule has 1 unspecified atom stereocenters. The van der Waals surface area contributed by atoms with Gasteiger partial charge in [-0.3, -0.25) is 0 Å². The monoisotopic (exact) mass is 353 g/mol. The molecule has 2 nitrogen and oxygen atoms in total. The molecule has 0 N–H and O–H groups in total. The van der Waals surface area contributed by atoms with Crippen LogP contribution in [0.2, 0.25) is 0 Å². The van der Waals surface area contributed by atoms with Crippen LogP contribution in [0.3, 0.4) is 0 Å². The summed E-state index contributed by atoms with van der Waals surface area (Å²) in [6.45, 7) is 9.30. The minimum atomic E-state index is 0.0402. The third-order valence-electron chi connectivity index (χ3n) is 2.99. The average molecular weight is 354 g/mol. The van der Waals surface area contributed by atoms with E-state index < -0.39 is 0 Å². The summed E-state index contributed by atoms with van der Waals surface area (Å²) in [4.78, 5) is 4.78. The van der Waals surface area contributed by atoms with E-state index in [0.29, 0.717) is 6.61 Å². The van der Waals surface area contributed by atoms with Crippen molar-refractivity contribution in [2.75, 3.05) is 6.61 Å². The van der Waals surface area contributed by atoms with Gasteiger partial charge in [-0.05, 0) is 24.5 Å². The Morgan fingerprint density at radius 2 is 2.10 bits per heavy atom. The highest BCUT2D eigenvalue weighted by molar-refractivity contribution is 9.10. The van der Waals surface area contributed by atoms with Crippen molar-refractivity contribution in [1.29, 1.82) is 0 Å². The van der Waals surface area contributed by atoms with Crippen LogP contribution in [0.4, 0.5) is 0 Å². The molecule has 0 saturated heterocycles. The molecular weight excluding hydrogens is 334 g/mol. The van der Waals surface area contributed by atoms with Crippen molar-refractivity contribution in [2.24, 2.45) is 5.41 Å². The first kappa shape index (κ1) is 15.7. The van der Waals surface area contributed by atoms with Gasteiger partial charge in [-0.1, -0.05) is 48.8 Å². The second-order valence-electron chi connectivity index (χ2n) is 5.78. The summed E-state index contributed by atoms with van der Waals surface area (Å²) in [5.74, 6) is 0. The number of hydrogen-bond acceptors (Lipinski definition) is 3. The first-order valence-electron chi connectivity index (χ1n) is 6.74. The molecule has 0 bridgehead atoms. The van der Waals surface area contributed by atoms with E-state index in [1.54, 1.807) is 11.3 Å². The highest BCUT2D eigenvalue weighted by atomic mass is 79.9. The third-order valence-corrected chi connectivity index (χ3v) is 4.37. The summed E-state index contributed by atoms with van der Waals surface area (Å²) in [5, 5.41) is 3.16. The molecular formula is C16H20BrNOS. The standard InChI is InChI=1S/C16H20BrNOS/c1-5-19-14(16(2,3)4)15-18-13(10-20-15)11-7-6-8-12(17)9-11/h6-10,14H,5H2,1-4H3. The lowest BCUT2D eigenvalue weighted by molar-refractivity contribution is -0.0133. The molecule has 2 aromatic rings. The Morgan fingerprint density at radius 1 is 1.35 bits per heavy atom. The summed E-state index contributed by atoms with van der Waals surface area (Å²) in [6.07, 6.45) is 0.0402. The van der Waals surface area contributed by atoms with Crippen molar-refractivity contribution in [3.05, 3.63) is 39.1 Å². The first-order chi connectivity index (χ1) is 9.41. The summed E-state index contributed by atoms with van der Waals surface area (Å²) in [5.41, 5.74) is 2.19. The SMILES string of the molecule is CCOC(c1nc(-c2cccc(Br)c2)cs1)C(C)(C)C. The summed E-state index contributed by atoms with van der Waals surface area (Å²) in [7, 11) is 0. The van der Waals surface area contributed by atoms with Crippen LogP contribution in [0.5, 0.6) is 0 Å². The largest absolute Gasteiger partial charge is 0.371 e. The molecule has 1 aromatic heterocycles. The number of nitrogens with zero attached hydrogens (tertiary/aromatic N) is 1. The molecule has 2 rings (SSSR count). The van der Waals surface area contributed by atoms with E-state index in [1.807, 2.05) is 19.1 Å². The van der Waals surface area contributed by atoms with Gasteiger partial charge in [0, 0.05) is 22.0 Å². The van der Waals surface area contributed by atoms with Crippen LogP contribution in [0.25, 0.3) is 11.3 Å². The Kier molecular flexibility index (Phi) is 4.99. The minimum Gasteiger partial charge on any atom is -0.371 e. The molecule has 0 aliphatic heterocycles. The highest BCUT2D eigenvalue weighted by Crippen LogP contribution is 2.38. The molecule has 0 amide bonds. The molecule has 0 saturated carbocycles. The lowest BCUT2D eigenvalue weighted by atomic mass is 9.89. The van der Waals surface area contributed by atoms with Gasteiger partial charge in [0.05, 0.1) is 5.69 Å². The fraction of sp³-hybridized carbons (Fsp3) is 0.438. The van der Waals surface area contributed by atoms with Crippen LogP contribution < -0.4 is 0 Å². The van der Waals surface area contributed by atoms with Gasteiger partial charge < -0.3 is 4.74 Å². The van der Waals surface area contributed by atoms with E-state index in [-0.39, 0.29) is 11.5 Å². The van der Waals surface area contributed by atoms with Gasteiger partial charge in [-0.25, -0.2) is 4.98 Å². The van der Waals surface area contributed by atoms with E-state index in [9.17, 15) is 0 Å². The van der Waals surface area contributed by atoms with Gasteiger partial charge in [0.1, 0.15) is 11.1 Å². The first-order valence-corrected chi connectivity index (χ1v) is 8.42. The fourth-order valence-corrected chi connectivity index (χ4v) is 3.56. The molecule has 0 fully saturated rings. The van der Waals surface area contributed by atoms with Crippen molar-refractivity contribution < 1.29 is 4.74 Å². The van der Waals surface area contributed by atoms with Crippen molar-refractivity contribution in [1.82, 2.24) is 4.98 Å². The number of thiazole rings is 1. The molecule has 0 aliphatic rings. The van der Waals surface area contributed by atoms with Gasteiger partial charge in [-0.15, -0.1) is 11.3 Å². The number of ether oxygens (including phenoxy) is 1. The summed E-state index contributed by atoms with van der Waals surface area (Å²) < 4.78 is 6.98. The summed E-state index contributed by atoms with van der Waals surface area (Å²) >= 11 is 5.18. The number of halogens is 1. The second kappa shape index (κ2) is 6.37. The van der Waals surface area contributed by atoms with Crippen LogP contribution in [-0.4, -0.2) is 11.6 Å². The van der Waals surface area contributed by atoms with Crippen LogP contribution in [0.1, 0.15) is 38.8 Å². The lowest BCUT2D eigenvalue weighted by Crippen LogP contribution is -2.21. The molecule has 0 spiro atoms. The van der Waals surface area contributed by atoms with Crippen molar-refractivity contribution in [3.63, 3.8) is 0 Å². The zero-order chi connectivity index (χ0) is 14.8. The molecule has 108 valence electrons. The number of rotatable bonds is 4. The van der Waals surface area contributed by atoms with E-state index in [4.69, 9.17) is 9.72 Å². The third kappa shape index (κ3) is 3.68. The Labute approximate surface area is 133 Å². The highest BCUT2D eigenvalue weighted by Gasteiger charge is 2.29. The predicted octanol–water partition coefficient (Wildman–Crippen LogP) is 5.70. The lowest BCUT2D eigenvalue weighted by Gasteiger charge is -2.28. The number of hydrogen-bond donors (Lipinski definition) is 0. The molecule has 20 heavy (non-hydrogen) atoms. The maximum absolute atomic E-state index is 5.90. The molecule has 1 heterocycles. The van der Waals surface area contributed by atoms with Crippen molar-refractivity contribution in [2.45, 2.75) is 33.8 Å². The van der Waals surface area contributed by atoms with Gasteiger partial charge in [0.15, 0.2) is 0 Å². The van der Waals surface area contributed by atoms with Crippen LogP contribution in [0.15, 0.2) is 34.1 Å². The van der Waals surface area contributed by atoms with Crippen molar-refractivity contribution >= 4 is 27.3 Å². The Hall–Kier alpha value is -0.710. The van der Waals surface area contributed by atoms with Crippen LogP contribution in [0, 0.1) is 5.41 Å². The molecule has 4 heteroatoms. The van der Waals surface area contributed by atoms with Gasteiger partial charge in [0.25, 0.3) is 0 Å². The Balaban J connectivity index is 2.32. The van der Waals surface area contributed by atoms with Crippen LogP contribution >= 0.6 is 27.3 Å². The van der Waals surface area contributed by atoms with E-state index >= 15 is 0 Å². The number of aromatic nitrogens is 1. The zero-order valence-corrected chi connectivity index (χ0v) is 14.7. The second-order valence-corrected chi connectivity index (χ2v) is 7.59. The van der Waals surface area contributed by atoms with Gasteiger partial charge in [-0.2, -0.15) is 0 Å². The van der Waals surface area contributed by atoms with E-state index in [1.165, 1.54) is 0 Å². The maximum Gasteiger partial charge on any atom is 0.123 e. The topological polar surface area (TPSA) is 22.1 Å². The van der Waals surface area contributed by atoms with E-state index in [2.05, 4.69) is 54.2 Å². The van der Waals surface area contributed by atoms with Crippen LogP contribution in [-0.2, 0) is 4.74 Å². The zero-order valence-electron chi connectivity index (χ0n) is 12.3. The summed E-state index contributed by atoms with van der Waals surface area (Å²) in [6, 6.07) is 8.22. The average Bonchev–Trinajstić information content (AvgIpc) is 2.83. The normalized spacial score (nSPS) is 13.4. The molecule has 0 radical (unpaired) electrons. The maximum atomic E-state index is 5.90. The van der Waals surface area contributed by atoms with Crippen molar-refractivity contribution in [3.8, 4) is 11.3 Å².